The highest BCUT2D eigenvalue weighted by atomic mass is 35.5. The number of hydrogen-bond acceptors (Lipinski definition) is 4. The summed E-state index contributed by atoms with van der Waals surface area (Å²) >= 11 is 6.53. The number of rotatable bonds is 7. The van der Waals surface area contributed by atoms with Gasteiger partial charge in [-0.3, -0.25) is 4.79 Å². The molecule has 0 spiro atoms. The van der Waals surface area contributed by atoms with E-state index in [2.05, 4.69) is 10.6 Å². The summed E-state index contributed by atoms with van der Waals surface area (Å²) in [6.07, 6.45) is -4.72. The van der Waals surface area contributed by atoms with E-state index in [9.17, 15) is 27.5 Å². The van der Waals surface area contributed by atoms with Crippen molar-refractivity contribution in [1.82, 2.24) is 0 Å². The Hall–Kier alpha value is -1.97. The summed E-state index contributed by atoms with van der Waals surface area (Å²) in [5.41, 5.74) is -3.04. The number of aliphatic hydroxyl groups is 1. The zero-order valence-corrected chi connectivity index (χ0v) is 16.2. The fourth-order valence-corrected chi connectivity index (χ4v) is 3.17. The molecule has 1 atom stereocenters. The molecule has 1 unspecified atom stereocenters. The minimum atomic E-state index is -4.72. The highest BCUT2D eigenvalue weighted by Gasteiger charge is 2.34. The summed E-state index contributed by atoms with van der Waals surface area (Å²) in [7, 11) is 0. The van der Waals surface area contributed by atoms with Gasteiger partial charge < -0.3 is 15.7 Å². The third-order valence-corrected chi connectivity index (χ3v) is 5.02. The molecule has 28 heavy (non-hydrogen) atoms. The molecule has 1 amide bonds. The van der Waals surface area contributed by atoms with Crippen LogP contribution < -0.4 is 10.6 Å². The van der Waals surface area contributed by atoms with Gasteiger partial charge in [0.05, 0.1) is 11.3 Å². The first-order chi connectivity index (χ1) is 13.0. The molecule has 0 aliphatic carbocycles. The van der Waals surface area contributed by atoms with Gasteiger partial charge in [-0.2, -0.15) is 13.2 Å². The monoisotopic (exact) mass is 436 g/mol. The summed E-state index contributed by atoms with van der Waals surface area (Å²) in [5, 5.41) is 15.2. The van der Waals surface area contributed by atoms with E-state index < -0.39 is 40.8 Å². The zero-order chi connectivity index (χ0) is 20.9. The number of alkyl halides is 4. The van der Waals surface area contributed by atoms with E-state index in [-0.39, 0.29) is 11.4 Å². The van der Waals surface area contributed by atoms with Crippen LogP contribution in [-0.2, 0) is 11.0 Å². The molecule has 0 aromatic heterocycles. The second-order valence-electron chi connectivity index (χ2n) is 6.08. The topological polar surface area (TPSA) is 61.4 Å². The molecule has 152 valence electrons. The molecule has 0 saturated carbocycles. The third-order valence-electron chi connectivity index (χ3n) is 3.47. The Kier molecular flexibility index (Phi) is 7.19. The van der Waals surface area contributed by atoms with Crippen molar-refractivity contribution in [1.29, 1.82) is 0 Å². The maximum absolute atomic E-state index is 13.3. The van der Waals surface area contributed by atoms with Gasteiger partial charge in [0.15, 0.2) is 0 Å². The van der Waals surface area contributed by atoms with Crippen molar-refractivity contribution < 1.29 is 27.5 Å². The van der Waals surface area contributed by atoms with Crippen LogP contribution in [0.3, 0.4) is 0 Å². The summed E-state index contributed by atoms with van der Waals surface area (Å²) in [5.74, 6) is -1.55. The largest absolute Gasteiger partial charge is 0.418 e. The molecule has 2 rings (SSSR count). The van der Waals surface area contributed by atoms with Crippen LogP contribution in [0.15, 0.2) is 47.4 Å². The Labute approximate surface area is 168 Å². The number of halogens is 5. The van der Waals surface area contributed by atoms with E-state index in [1.807, 2.05) is 0 Å². The van der Waals surface area contributed by atoms with Gasteiger partial charge in [-0.25, -0.2) is 4.39 Å². The third kappa shape index (κ3) is 6.57. The number of carbonyl (C=O) groups excluding carboxylic acids is 1. The van der Waals surface area contributed by atoms with Gasteiger partial charge in [-0.1, -0.05) is 0 Å². The molecular formula is C18H17ClF4N2O2S. The molecule has 0 heterocycles. The number of hydrogen-bond donors (Lipinski definition) is 3. The second kappa shape index (κ2) is 9.02. The first-order valence-electron chi connectivity index (χ1n) is 7.96. The quantitative estimate of drug-likeness (QED) is 0.249. The lowest BCUT2D eigenvalue weighted by molar-refractivity contribution is -0.136. The first kappa shape index (κ1) is 22.3. The van der Waals surface area contributed by atoms with Crippen LogP contribution in [0.4, 0.5) is 28.9 Å². The second-order valence-corrected chi connectivity index (χ2v) is 7.40. The summed E-state index contributed by atoms with van der Waals surface area (Å²) in [4.78, 5) is 12.0. The van der Waals surface area contributed by atoms with E-state index in [0.29, 0.717) is 4.90 Å². The average Bonchev–Trinajstić information content (AvgIpc) is 2.61. The SMILES string of the molecule is CC(O)(CSc1ccc(F)cc1)Nc1ccc(NC(=O)CCl)c(C(F)(F)F)c1. The number of thioether (sulfide) groups is 1. The van der Waals surface area contributed by atoms with Crippen LogP contribution in [0.2, 0.25) is 0 Å². The van der Waals surface area contributed by atoms with E-state index in [1.165, 1.54) is 49.0 Å². The lowest BCUT2D eigenvalue weighted by atomic mass is 10.1. The number of nitrogens with one attached hydrogen (secondary N) is 2. The minimum absolute atomic E-state index is 0.0147. The van der Waals surface area contributed by atoms with E-state index >= 15 is 0 Å². The molecule has 2 aromatic carbocycles. The molecule has 0 saturated heterocycles. The maximum atomic E-state index is 13.3. The smallest absolute Gasteiger partial charge is 0.370 e. The molecule has 10 heteroatoms. The molecular weight excluding hydrogens is 420 g/mol. The van der Waals surface area contributed by atoms with Crippen LogP contribution in [0, 0.1) is 5.82 Å². The summed E-state index contributed by atoms with van der Waals surface area (Å²) < 4.78 is 52.8. The van der Waals surface area contributed by atoms with Crippen molar-refractivity contribution >= 4 is 40.6 Å². The van der Waals surface area contributed by atoms with Crippen LogP contribution >= 0.6 is 23.4 Å². The Morgan fingerprint density at radius 2 is 1.82 bits per heavy atom. The lowest BCUT2D eigenvalue weighted by Crippen LogP contribution is -2.37. The van der Waals surface area contributed by atoms with Crippen LogP contribution in [0.5, 0.6) is 0 Å². The zero-order valence-electron chi connectivity index (χ0n) is 14.6. The molecule has 4 nitrogen and oxygen atoms in total. The Morgan fingerprint density at radius 3 is 2.39 bits per heavy atom. The average molecular weight is 437 g/mol. The van der Waals surface area contributed by atoms with Crippen LogP contribution in [-0.4, -0.2) is 28.4 Å². The highest BCUT2D eigenvalue weighted by molar-refractivity contribution is 7.99. The van der Waals surface area contributed by atoms with Gasteiger partial charge in [0.2, 0.25) is 5.91 Å². The van der Waals surface area contributed by atoms with Crippen molar-refractivity contribution in [3.05, 3.63) is 53.8 Å². The van der Waals surface area contributed by atoms with Crippen molar-refractivity contribution in [2.45, 2.75) is 23.7 Å². The van der Waals surface area contributed by atoms with Crippen molar-refractivity contribution in [3.63, 3.8) is 0 Å². The van der Waals surface area contributed by atoms with Crippen LogP contribution in [0.25, 0.3) is 0 Å². The number of amides is 1. The lowest BCUT2D eigenvalue weighted by Gasteiger charge is -2.26. The summed E-state index contributed by atoms with van der Waals surface area (Å²) in [6.45, 7) is 1.40. The van der Waals surface area contributed by atoms with Gasteiger partial charge in [0, 0.05) is 16.3 Å². The Balaban J connectivity index is 2.14. The van der Waals surface area contributed by atoms with Crippen molar-refractivity contribution in [2.75, 3.05) is 22.3 Å². The first-order valence-corrected chi connectivity index (χ1v) is 9.48. The van der Waals surface area contributed by atoms with Gasteiger partial charge in [-0.05, 0) is 49.4 Å². The molecule has 0 bridgehead atoms. The fourth-order valence-electron chi connectivity index (χ4n) is 2.25. The molecule has 0 fully saturated rings. The molecule has 0 radical (unpaired) electrons. The molecule has 0 aliphatic rings. The van der Waals surface area contributed by atoms with E-state index in [0.717, 1.165) is 12.1 Å². The van der Waals surface area contributed by atoms with Gasteiger partial charge in [-0.15, -0.1) is 23.4 Å². The Bertz CT molecular complexity index is 829. The minimum Gasteiger partial charge on any atom is -0.370 e. The molecule has 3 N–H and O–H groups in total. The summed E-state index contributed by atoms with van der Waals surface area (Å²) in [6, 6.07) is 8.79. The number of benzene rings is 2. The van der Waals surface area contributed by atoms with Gasteiger partial charge >= 0.3 is 6.18 Å². The van der Waals surface area contributed by atoms with Crippen molar-refractivity contribution in [3.8, 4) is 0 Å². The molecule has 2 aromatic rings. The van der Waals surface area contributed by atoms with Crippen LogP contribution in [0.1, 0.15) is 12.5 Å². The highest BCUT2D eigenvalue weighted by Crippen LogP contribution is 2.37. The number of anilines is 2. The van der Waals surface area contributed by atoms with E-state index in [4.69, 9.17) is 11.6 Å². The predicted molar refractivity (Wildman–Crippen MR) is 102 cm³/mol. The van der Waals surface area contributed by atoms with Gasteiger partial charge in [0.25, 0.3) is 0 Å². The maximum Gasteiger partial charge on any atom is 0.418 e. The molecule has 0 aliphatic heterocycles. The predicted octanol–water partition coefficient (Wildman–Crippen LogP) is 4.93. The van der Waals surface area contributed by atoms with Crippen molar-refractivity contribution in [2.24, 2.45) is 0 Å². The standard InChI is InChI=1S/C18H17ClF4N2O2S/c1-17(27,10-28-13-5-2-11(20)3-6-13)25-12-4-7-15(24-16(26)9-19)14(8-12)18(21,22)23/h2-8,25,27H,9-10H2,1H3,(H,24,26). The van der Waals surface area contributed by atoms with Gasteiger partial charge in [0.1, 0.15) is 17.4 Å². The Morgan fingerprint density at radius 1 is 1.18 bits per heavy atom. The normalized spacial score (nSPS) is 13.7. The number of carbonyl (C=O) groups is 1. The fraction of sp³-hybridized carbons (Fsp3) is 0.278. The van der Waals surface area contributed by atoms with E-state index in [1.54, 1.807) is 0 Å².